The average Bonchev–Trinajstić information content (AvgIpc) is 0.811. The van der Waals surface area contributed by atoms with Crippen LogP contribution in [0.5, 0.6) is 0 Å². The second-order valence-corrected chi connectivity index (χ2v) is 0.522. The molecule has 0 aromatic rings. The topological polar surface area (TPSA) is 43.1 Å². The summed E-state index contributed by atoms with van der Waals surface area (Å²) >= 11 is 3.34. The molecule has 5 heavy (non-hydrogen) atoms. The van der Waals surface area contributed by atoms with Gasteiger partial charge in [0.05, 0.1) is 0 Å². The average molecular weight is 117 g/mol. The standard InChI is InChI=1S/K.NO2S/c;2-1(3)4/q+1;-1. The van der Waals surface area contributed by atoms with Gasteiger partial charge in [0.15, 0.2) is 0 Å². The Morgan fingerprint density at radius 1 is 1.80 bits per heavy atom. The summed E-state index contributed by atoms with van der Waals surface area (Å²) in [5.41, 5.74) is 0. The third kappa shape index (κ3) is 35.3. The van der Waals surface area contributed by atoms with Crippen molar-refractivity contribution in [3.63, 3.8) is 0 Å². The number of hydrogen-bond donors (Lipinski definition) is 0. The van der Waals surface area contributed by atoms with Gasteiger partial charge in [-0.25, -0.2) is 0 Å². The molecule has 0 N–H and O–H groups in total. The van der Waals surface area contributed by atoms with Gasteiger partial charge in [0.25, 0.3) is 0 Å². The molecule has 0 aromatic carbocycles. The molecule has 0 fully saturated rings. The predicted molar refractivity (Wildman–Crippen MR) is 14.4 cm³/mol. The van der Waals surface area contributed by atoms with Crippen LogP contribution in [0.25, 0.3) is 0 Å². The summed E-state index contributed by atoms with van der Waals surface area (Å²) in [6.45, 7) is 0. The molecule has 0 saturated carbocycles. The molecule has 24 valence electrons. The molecule has 0 unspecified atom stereocenters. The molecule has 5 heteroatoms. The summed E-state index contributed by atoms with van der Waals surface area (Å²) in [5.74, 6) is 0. The molecule has 0 aliphatic carbocycles. The van der Waals surface area contributed by atoms with E-state index in [0.717, 1.165) is 0 Å². The Bertz CT molecular complexity index is 32.6. The van der Waals surface area contributed by atoms with Crippen molar-refractivity contribution in [2.75, 3.05) is 0 Å². The molecule has 0 bridgehead atoms. The van der Waals surface area contributed by atoms with Crippen molar-refractivity contribution in [3.05, 3.63) is 10.1 Å². The molecular weight excluding hydrogens is 117 g/mol. The van der Waals surface area contributed by atoms with Gasteiger partial charge in [-0.2, -0.15) is 0 Å². The Labute approximate surface area is 77.2 Å². The first-order chi connectivity index (χ1) is 1.73. The largest absolute Gasteiger partial charge is 1.00 e. The van der Waals surface area contributed by atoms with E-state index >= 15 is 0 Å². The van der Waals surface area contributed by atoms with E-state index in [-0.39, 0.29) is 51.4 Å². The zero-order valence-electron chi connectivity index (χ0n) is 2.67. The van der Waals surface area contributed by atoms with Crippen molar-refractivity contribution in [3.8, 4) is 0 Å². The summed E-state index contributed by atoms with van der Waals surface area (Å²) in [5, 5.41) is 8.62. The minimum absolute atomic E-state index is 0. The quantitative estimate of drug-likeness (QED) is 0.145. The van der Waals surface area contributed by atoms with E-state index in [1.54, 1.807) is 0 Å². The third-order valence-electron chi connectivity index (χ3n) is 0. The summed E-state index contributed by atoms with van der Waals surface area (Å²) in [6.07, 6.45) is 0. The zero-order chi connectivity index (χ0) is 3.58. The monoisotopic (exact) mass is 117 g/mol. The van der Waals surface area contributed by atoms with Crippen LogP contribution in [0, 0.1) is 10.1 Å². The van der Waals surface area contributed by atoms with Crippen LogP contribution in [0.4, 0.5) is 0 Å². The van der Waals surface area contributed by atoms with Crippen molar-refractivity contribution in [2.45, 2.75) is 0 Å². The molecule has 0 aliphatic heterocycles. The van der Waals surface area contributed by atoms with Crippen LogP contribution in [0.15, 0.2) is 0 Å². The first kappa shape index (κ1) is 9.54. The van der Waals surface area contributed by atoms with E-state index in [2.05, 4.69) is 12.8 Å². The van der Waals surface area contributed by atoms with Crippen molar-refractivity contribution in [2.24, 2.45) is 0 Å². The van der Waals surface area contributed by atoms with Crippen LogP contribution in [0.3, 0.4) is 0 Å². The Hall–Kier alpha value is 1.26. The van der Waals surface area contributed by atoms with Gasteiger partial charge in [-0.15, -0.1) is 0 Å². The van der Waals surface area contributed by atoms with Crippen molar-refractivity contribution < 1.29 is 55.7 Å². The molecule has 0 radical (unpaired) electrons. The fraction of sp³-hybridized carbons (Fsp3) is 0. The Morgan fingerprint density at radius 2 is 1.80 bits per heavy atom. The van der Waals surface area contributed by atoms with Gasteiger partial charge in [0, 0.05) is 0 Å². The smallest absolute Gasteiger partial charge is 0.358 e. The Kier molecular flexibility index (Phi) is 10.0. The molecule has 0 heterocycles. The van der Waals surface area contributed by atoms with Crippen LogP contribution >= 0.6 is 0 Å². The van der Waals surface area contributed by atoms with Gasteiger partial charge < -0.3 is 12.8 Å². The van der Waals surface area contributed by atoms with Crippen molar-refractivity contribution in [1.82, 2.24) is 0 Å². The summed E-state index contributed by atoms with van der Waals surface area (Å²) in [6, 6.07) is 0. The summed E-state index contributed by atoms with van der Waals surface area (Å²) in [4.78, 5) is 8.62. The van der Waals surface area contributed by atoms with Gasteiger partial charge >= 0.3 is 51.4 Å². The Morgan fingerprint density at radius 3 is 1.80 bits per heavy atom. The van der Waals surface area contributed by atoms with E-state index in [9.17, 15) is 0 Å². The third-order valence-corrected chi connectivity index (χ3v) is 0. The minimum atomic E-state index is -0.917. The van der Waals surface area contributed by atoms with Gasteiger partial charge in [0.2, 0.25) is 0 Å². The van der Waals surface area contributed by atoms with Gasteiger partial charge in [-0.3, -0.25) is 10.1 Å². The van der Waals surface area contributed by atoms with E-state index in [0.29, 0.717) is 0 Å². The van der Waals surface area contributed by atoms with Crippen LogP contribution in [0.2, 0.25) is 0 Å². The van der Waals surface area contributed by atoms with Gasteiger partial charge in [-0.1, -0.05) is 4.33 Å². The molecule has 0 aliphatic rings. The van der Waals surface area contributed by atoms with Crippen molar-refractivity contribution >= 4 is 12.8 Å². The molecule has 0 spiro atoms. The molecular formula is KNO2S. The van der Waals surface area contributed by atoms with Gasteiger partial charge in [-0.05, 0) is 0 Å². The molecule has 0 amide bonds. The predicted octanol–water partition coefficient (Wildman–Crippen LogP) is -3.27. The first-order valence-corrected chi connectivity index (χ1v) is 0.913. The molecule has 0 saturated heterocycles. The van der Waals surface area contributed by atoms with Crippen LogP contribution in [-0.4, -0.2) is 4.33 Å². The maximum atomic E-state index is 8.62. The summed E-state index contributed by atoms with van der Waals surface area (Å²) in [7, 11) is 0. The molecule has 0 atom stereocenters. The fourth-order valence-corrected chi connectivity index (χ4v) is 0. The van der Waals surface area contributed by atoms with Crippen LogP contribution < -0.4 is 51.4 Å². The van der Waals surface area contributed by atoms with E-state index < -0.39 is 4.33 Å². The summed E-state index contributed by atoms with van der Waals surface area (Å²) < 4.78 is -0.917. The minimum Gasteiger partial charge on any atom is -0.358 e. The fourth-order valence-electron chi connectivity index (χ4n) is 0. The van der Waals surface area contributed by atoms with E-state index in [4.69, 9.17) is 10.1 Å². The number of nitro groups is 1. The van der Waals surface area contributed by atoms with E-state index in [1.165, 1.54) is 0 Å². The molecule has 0 rings (SSSR count). The zero-order valence-corrected chi connectivity index (χ0v) is 6.61. The first-order valence-electron chi connectivity index (χ1n) is 0.548. The van der Waals surface area contributed by atoms with Crippen molar-refractivity contribution in [1.29, 1.82) is 0 Å². The Balaban J connectivity index is 0. The molecule has 3 nitrogen and oxygen atoms in total. The van der Waals surface area contributed by atoms with E-state index in [1.807, 2.05) is 0 Å². The normalized spacial score (nSPS) is 4.80. The number of hydrogen-bond acceptors (Lipinski definition) is 3. The maximum Gasteiger partial charge on any atom is 1.00 e. The van der Waals surface area contributed by atoms with Gasteiger partial charge in [0.1, 0.15) is 0 Å². The number of nitrogens with zero attached hydrogens (tertiary/aromatic N) is 1. The second-order valence-electron chi connectivity index (χ2n) is 0.224. The maximum absolute atomic E-state index is 8.62. The molecule has 0 aromatic heterocycles. The van der Waals surface area contributed by atoms with Crippen LogP contribution in [-0.2, 0) is 12.8 Å². The number of rotatable bonds is 0. The second kappa shape index (κ2) is 5.26. The van der Waals surface area contributed by atoms with Crippen LogP contribution in [0.1, 0.15) is 0 Å². The SMILES string of the molecule is O=[N+]([O-])[S-].[K+].